The number of ether oxygens (including phenoxy) is 1. The van der Waals surface area contributed by atoms with Gasteiger partial charge in [-0.25, -0.2) is 0 Å². The Balaban J connectivity index is 1.82. The summed E-state index contributed by atoms with van der Waals surface area (Å²) < 4.78 is 8.92. The second-order valence-electron chi connectivity index (χ2n) is 5.74. The molecule has 0 saturated carbocycles. The number of rotatable bonds is 5. The van der Waals surface area contributed by atoms with Crippen molar-refractivity contribution in [2.75, 3.05) is 12.4 Å². The number of nitrogens with zero attached hydrogens (tertiary/aromatic N) is 2. The standard InChI is InChI=1S/C18H17Br2N3O2S/c1-10-16(21-18(24)15-8-14(19)17(20)26-15)11(2)23(22-10)9-12-5-4-6-13(7-12)25-3/h4-8H,9H2,1-3H3,(H,21,24). The summed E-state index contributed by atoms with van der Waals surface area (Å²) in [5.74, 6) is 0.667. The quantitative estimate of drug-likeness (QED) is 0.512. The number of anilines is 1. The van der Waals surface area contributed by atoms with Gasteiger partial charge in [0.15, 0.2) is 0 Å². The van der Waals surface area contributed by atoms with Crippen molar-refractivity contribution in [1.82, 2.24) is 9.78 Å². The van der Waals surface area contributed by atoms with Crippen molar-refractivity contribution < 1.29 is 9.53 Å². The van der Waals surface area contributed by atoms with E-state index in [1.807, 2.05) is 42.8 Å². The summed E-state index contributed by atoms with van der Waals surface area (Å²) in [6.07, 6.45) is 0. The summed E-state index contributed by atoms with van der Waals surface area (Å²) in [6.45, 7) is 4.46. The minimum atomic E-state index is -0.145. The van der Waals surface area contributed by atoms with E-state index in [1.54, 1.807) is 13.2 Å². The van der Waals surface area contributed by atoms with Crippen molar-refractivity contribution in [2.45, 2.75) is 20.4 Å². The molecular formula is C18H17Br2N3O2S. The number of benzene rings is 1. The molecule has 1 N–H and O–H groups in total. The summed E-state index contributed by atoms with van der Waals surface area (Å²) in [5, 5.41) is 7.56. The third-order valence-corrected chi connectivity index (χ3v) is 7.21. The lowest BCUT2D eigenvalue weighted by Gasteiger charge is -2.08. The number of amides is 1. The summed E-state index contributed by atoms with van der Waals surface area (Å²) in [6, 6.07) is 9.67. The highest BCUT2D eigenvalue weighted by Crippen LogP contribution is 2.33. The van der Waals surface area contributed by atoms with Crippen LogP contribution in [0.2, 0.25) is 0 Å². The van der Waals surface area contributed by atoms with E-state index in [0.717, 1.165) is 36.6 Å². The molecule has 5 nitrogen and oxygen atoms in total. The molecule has 0 bridgehead atoms. The molecule has 1 amide bonds. The molecule has 1 aromatic carbocycles. The van der Waals surface area contributed by atoms with Gasteiger partial charge in [0.1, 0.15) is 5.75 Å². The van der Waals surface area contributed by atoms with Gasteiger partial charge in [0.25, 0.3) is 5.91 Å². The second-order valence-corrected chi connectivity index (χ2v) is 8.97. The molecular weight excluding hydrogens is 482 g/mol. The van der Waals surface area contributed by atoms with Gasteiger partial charge in [-0.05, 0) is 69.5 Å². The number of methoxy groups -OCH3 is 1. The zero-order chi connectivity index (χ0) is 18.8. The lowest BCUT2D eigenvalue weighted by atomic mass is 10.2. The molecule has 0 unspecified atom stereocenters. The first kappa shape index (κ1) is 19.1. The average molecular weight is 499 g/mol. The van der Waals surface area contributed by atoms with Crippen molar-refractivity contribution in [1.29, 1.82) is 0 Å². The van der Waals surface area contributed by atoms with Gasteiger partial charge >= 0.3 is 0 Å². The molecule has 0 atom stereocenters. The van der Waals surface area contributed by atoms with E-state index in [9.17, 15) is 4.79 Å². The van der Waals surface area contributed by atoms with Crippen molar-refractivity contribution in [3.8, 4) is 5.75 Å². The molecule has 2 aromatic heterocycles. The maximum absolute atomic E-state index is 12.5. The van der Waals surface area contributed by atoms with Gasteiger partial charge in [0.2, 0.25) is 0 Å². The van der Waals surface area contributed by atoms with Crippen molar-refractivity contribution in [3.05, 3.63) is 60.4 Å². The Kier molecular flexibility index (Phi) is 5.84. The van der Waals surface area contributed by atoms with Crippen LogP contribution in [-0.4, -0.2) is 22.8 Å². The fraction of sp³-hybridized carbons (Fsp3) is 0.222. The van der Waals surface area contributed by atoms with Crippen molar-refractivity contribution >= 4 is 54.8 Å². The van der Waals surface area contributed by atoms with Crippen LogP contribution in [0.5, 0.6) is 5.75 Å². The number of aryl methyl sites for hydroxylation is 1. The highest BCUT2D eigenvalue weighted by Gasteiger charge is 2.18. The smallest absolute Gasteiger partial charge is 0.265 e. The van der Waals surface area contributed by atoms with Gasteiger partial charge in [-0.15, -0.1) is 11.3 Å². The predicted octanol–water partition coefficient (Wildman–Crippen LogP) is 5.40. The van der Waals surface area contributed by atoms with Gasteiger partial charge in [0, 0.05) is 4.47 Å². The van der Waals surface area contributed by atoms with E-state index in [1.165, 1.54) is 11.3 Å². The topological polar surface area (TPSA) is 56.1 Å². The van der Waals surface area contributed by atoms with Crippen LogP contribution in [0.25, 0.3) is 0 Å². The summed E-state index contributed by atoms with van der Waals surface area (Å²) in [7, 11) is 1.65. The highest BCUT2D eigenvalue weighted by molar-refractivity contribution is 9.13. The first-order chi connectivity index (χ1) is 12.4. The Bertz CT molecular complexity index is 946. The molecule has 3 rings (SSSR count). The number of thiophene rings is 1. The molecule has 3 aromatic rings. The first-order valence-electron chi connectivity index (χ1n) is 7.82. The number of hydrogen-bond donors (Lipinski definition) is 1. The molecule has 0 spiro atoms. The zero-order valence-corrected chi connectivity index (χ0v) is 18.5. The summed E-state index contributed by atoms with van der Waals surface area (Å²) >= 11 is 8.21. The van der Waals surface area contributed by atoms with Crippen LogP contribution in [0.4, 0.5) is 5.69 Å². The van der Waals surface area contributed by atoms with Crippen molar-refractivity contribution in [3.63, 3.8) is 0 Å². The molecule has 0 aliphatic rings. The SMILES string of the molecule is COc1cccc(Cn2nc(C)c(NC(=O)c3cc(Br)c(Br)s3)c2C)c1. The van der Waals surface area contributed by atoms with E-state index >= 15 is 0 Å². The lowest BCUT2D eigenvalue weighted by Crippen LogP contribution is -2.12. The molecule has 2 heterocycles. The Labute approximate surface area is 172 Å². The number of halogens is 2. The largest absolute Gasteiger partial charge is 0.497 e. The number of carbonyl (C=O) groups is 1. The fourth-order valence-electron chi connectivity index (χ4n) is 2.61. The summed E-state index contributed by atoms with van der Waals surface area (Å²) in [5.41, 5.74) is 3.53. The Morgan fingerprint density at radius 2 is 2.08 bits per heavy atom. The Hall–Kier alpha value is -1.64. The predicted molar refractivity (Wildman–Crippen MR) is 111 cm³/mol. The summed E-state index contributed by atoms with van der Waals surface area (Å²) in [4.78, 5) is 13.2. The molecule has 0 aliphatic carbocycles. The van der Waals surface area contributed by atoms with Gasteiger partial charge in [0.05, 0.1) is 39.4 Å². The van der Waals surface area contributed by atoms with Gasteiger partial charge < -0.3 is 10.1 Å². The number of hydrogen-bond acceptors (Lipinski definition) is 4. The molecule has 26 heavy (non-hydrogen) atoms. The molecule has 8 heteroatoms. The number of aromatic nitrogens is 2. The molecule has 0 saturated heterocycles. The monoisotopic (exact) mass is 497 g/mol. The first-order valence-corrected chi connectivity index (χ1v) is 10.2. The maximum atomic E-state index is 12.5. The van der Waals surface area contributed by atoms with Gasteiger partial charge in [-0.1, -0.05) is 12.1 Å². The average Bonchev–Trinajstić information content (AvgIpc) is 3.09. The number of nitrogens with one attached hydrogen (secondary N) is 1. The second kappa shape index (κ2) is 7.94. The van der Waals surface area contributed by atoms with E-state index < -0.39 is 0 Å². The van der Waals surface area contributed by atoms with Crippen LogP contribution in [0.15, 0.2) is 38.6 Å². The van der Waals surface area contributed by atoms with Gasteiger partial charge in [-0.2, -0.15) is 5.10 Å². The molecule has 0 fully saturated rings. The van der Waals surface area contributed by atoms with Crippen LogP contribution in [0, 0.1) is 13.8 Å². The fourth-order valence-corrected chi connectivity index (χ4v) is 4.54. The van der Waals surface area contributed by atoms with E-state index in [0.29, 0.717) is 11.4 Å². The maximum Gasteiger partial charge on any atom is 0.265 e. The normalized spacial score (nSPS) is 10.8. The van der Waals surface area contributed by atoms with Crippen LogP contribution in [0.1, 0.15) is 26.6 Å². The van der Waals surface area contributed by atoms with E-state index in [2.05, 4.69) is 42.3 Å². The van der Waals surface area contributed by atoms with Crippen LogP contribution >= 0.6 is 43.2 Å². The van der Waals surface area contributed by atoms with E-state index in [-0.39, 0.29) is 5.91 Å². The van der Waals surface area contributed by atoms with Crippen LogP contribution < -0.4 is 10.1 Å². The molecule has 0 aliphatic heterocycles. The van der Waals surface area contributed by atoms with Crippen LogP contribution in [0.3, 0.4) is 0 Å². The van der Waals surface area contributed by atoms with E-state index in [4.69, 9.17) is 4.74 Å². The Morgan fingerprint density at radius 3 is 2.73 bits per heavy atom. The lowest BCUT2D eigenvalue weighted by molar-refractivity contribution is 0.103. The van der Waals surface area contributed by atoms with Gasteiger partial charge in [-0.3, -0.25) is 9.48 Å². The Morgan fingerprint density at radius 1 is 1.31 bits per heavy atom. The molecule has 136 valence electrons. The minimum Gasteiger partial charge on any atom is -0.497 e. The van der Waals surface area contributed by atoms with Crippen LogP contribution in [-0.2, 0) is 6.54 Å². The molecule has 0 radical (unpaired) electrons. The van der Waals surface area contributed by atoms with Crippen molar-refractivity contribution in [2.24, 2.45) is 0 Å². The highest BCUT2D eigenvalue weighted by atomic mass is 79.9. The zero-order valence-electron chi connectivity index (χ0n) is 14.5. The third kappa shape index (κ3) is 4.02. The minimum absolute atomic E-state index is 0.145. The third-order valence-electron chi connectivity index (χ3n) is 3.96. The number of carbonyl (C=O) groups excluding carboxylic acids is 1.